The van der Waals surface area contributed by atoms with Gasteiger partial charge in [-0.05, 0) is 38.5 Å². The second-order valence-electron chi connectivity index (χ2n) is 3.91. The minimum atomic E-state index is 0.866. The molecule has 0 saturated carbocycles. The predicted molar refractivity (Wildman–Crippen MR) is 59.7 cm³/mol. The topological polar surface area (TPSA) is 0 Å². The van der Waals surface area contributed by atoms with Gasteiger partial charge in [0.05, 0.1) is 0 Å². The molecule has 0 aromatic heterocycles. The molecule has 2 rings (SSSR count). The summed E-state index contributed by atoms with van der Waals surface area (Å²) in [4.78, 5) is 0. The van der Waals surface area contributed by atoms with Crippen LogP contribution >= 0.6 is 0 Å². The van der Waals surface area contributed by atoms with Crippen molar-refractivity contribution in [1.29, 1.82) is 0 Å². The van der Waals surface area contributed by atoms with Gasteiger partial charge in [-0.25, -0.2) is 0 Å². The second-order valence-corrected chi connectivity index (χ2v) is 3.91. The maximum absolute atomic E-state index is 2.28. The normalized spacial score (nSPS) is 25.1. The first-order chi connectivity index (χ1) is 6.29. The van der Waals surface area contributed by atoms with Crippen LogP contribution < -0.4 is 0 Å². The van der Waals surface area contributed by atoms with Gasteiger partial charge in [0.25, 0.3) is 0 Å². The Morgan fingerprint density at radius 1 is 1.15 bits per heavy atom. The highest BCUT2D eigenvalue weighted by Crippen LogP contribution is 2.14. The minimum Gasteiger partial charge on any atom is -0.0882 e. The van der Waals surface area contributed by atoms with Gasteiger partial charge in [-0.1, -0.05) is 42.9 Å². The van der Waals surface area contributed by atoms with E-state index in [1.807, 2.05) is 0 Å². The number of hydrogen-bond acceptors (Lipinski definition) is 0. The molecule has 0 bridgehead atoms. The second kappa shape index (κ2) is 5.80. The molecular weight excluding hydrogens is 156 g/mol. The Balaban J connectivity index is 0.000000132. The van der Waals surface area contributed by atoms with Crippen LogP contribution in [-0.2, 0) is 0 Å². The quantitative estimate of drug-likeness (QED) is 0.484. The molecule has 2 aliphatic carbocycles. The zero-order chi connectivity index (χ0) is 9.52. The Kier molecular flexibility index (Phi) is 4.59. The third kappa shape index (κ3) is 4.72. The molecule has 0 N–H and O–H groups in total. The van der Waals surface area contributed by atoms with Gasteiger partial charge in [-0.15, -0.1) is 0 Å². The van der Waals surface area contributed by atoms with Crippen LogP contribution in [-0.4, -0.2) is 0 Å². The smallest absolute Gasteiger partial charge is 0.0259 e. The van der Waals surface area contributed by atoms with E-state index < -0.39 is 0 Å². The van der Waals surface area contributed by atoms with Crippen LogP contribution in [0, 0.1) is 5.92 Å². The fraction of sp³-hybridized carbons (Fsp3) is 0.538. The van der Waals surface area contributed by atoms with E-state index in [4.69, 9.17) is 0 Å². The lowest BCUT2D eigenvalue weighted by Gasteiger charge is -1.96. The van der Waals surface area contributed by atoms with Crippen LogP contribution in [0.15, 0.2) is 36.0 Å². The summed E-state index contributed by atoms with van der Waals surface area (Å²) < 4.78 is 0. The van der Waals surface area contributed by atoms with E-state index in [0.29, 0.717) is 0 Å². The van der Waals surface area contributed by atoms with E-state index in [9.17, 15) is 0 Å². The fourth-order valence-corrected chi connectivity index (χ4v) is 1.53. The maximum Gasteiger partial charge on any atom is -0.0259 e. The SMILES string of the molecule is CC1=CCCC=C1.CC1C=CCC1. The summed E-state index contributed by atoms with van der Waals surface area (Å²) in [7, 11) is 0. The van der Waals surface area contributed by atoms with E-state index in [1.54, 1.807) is 0 Å². The first kappa shape index (κ1) is 10.3. The summed E-state index contributed by atoms with van der Waals surface area (Å²) in [5.41, 5.74) is 1.41. The van der Waals surface area contributed by atoms with Gasteiger partial charge in [-0.2, -0.15) is 0 Å². The standard InChI is InChI=1S/C7H10.C6H10/c1-7-5-3-2-4-6-7;1-6-4-2-3-5-6/h3,5-6H,2,4H2,1H3;2,4,6H,3,5H2,1H3. The van der Waals surface area contributed by atoms with Crippen molar-refractivity contribution in [2.45, 2.75) is 39.5 Å². The Hall–Kier alpha value is -0.780. The first-order valence-corrected chi connectivity index (χ1v) is 5.29. The monoisotopic (exact) mass is 176 g/mol. The summed E-state index contributed by atoms with van der Waals surface area (Å²) >= 11 is 0. The van der Waals surface area contributed by atoms with Crippen molar-refractivity contribution in [3.63, 3.8) is 0 Å². The van der Waals surface area contributed by atoms with Crippen molar-refractivity contribution in [3.05, 3.63) is 36.0 Å². The summed E-state index contributed by atoms with van der Waals surface area (Å²) in [5, 5.41) is 0. The molecule has 0 saturated heterocycles. The molecule has 0 heterocycles. The van der Waals surface area contributed by atoms with Crippen molar-refractivity contribution in [1.82, 2.24) is 0 Å². The summed E-state index contributed by atoms with van der Waals surface area (Å²) in [6.07, 6.45) is 16.3. The van der Waals surface area contributed by atoms with Crippen LogP contribution in [0.5, 0.6) is 0 Å². The molecular formula is C13H20. The highest BCUT2D eigenvalue weighted by atomic mass is 14.0. The lowest BCUT2D eigenvalue weighted by Crippen LogP contribution is -1.76. The maximum atomic E-state index is 2.28. The van der Waals surface area contributed by atoms with Crippen LogP contribution in [0.25, 0.3) is 0 Å². The third-order valence-corrected chi connectivity index (χ3v) is 2.43. The molecule has 0 nitrogen and oxygen atoms in total. The minimum absolute atomic E-state index is 0.866. The molecule has 13 heavy (non-hydrogen) atoms. The van der Waals surface area contributed by atoms with E-state index >= 15 is 0 Å². The molecule has 72 valence electrons. The lowest BCUT2D eigenvalue weighted by molar-refractivity contribution is 0.701. The van der Waals surface area contributed by atoms with Crippen LogP contribution in [0.1, 0.15) is 39.5 Å². The molecule has 1 atom stereocenters. The molecule has 2 aliphatic rings. The van der Waals surface area contributed by atoms with Crippen LogP contribution in [0.2, 0.25) is 0 Å². The molecule has 0 amide bonds. The van der Waals surface area contributed by atoms with Crippen LogP contribution in [0.4, 0.5) is 0 Å². The molecule has 0 heteroatoms. The third-order valence-electron chi connectivity index (χ3n) is 2.43. The largest absolute Gasteiger partial charge is 0.0882 e. The summed E-state index contributed by atoms with van der Waals surface area (Å²) in [6.45, 7) is 4.39. The van der Waals surface area contributed by atoms with E-state index in [1.165, 1.54) is 31.3 Å². The Labute approximate surface area is 82.0 Å². The van der Waals surface area contributed by atoms with Gasteiger partial charge in [0.2, 0.25) is 0 Å². The fourth-order valence-electron chi connectivity index (χ4n) is 1.53. The molecule has 0 aromatic rings. The predicted octanol–water partition coefficient (Wildman–Crippen LogP) is 4.26. The van der Waals surface area contributed by atoms with Gasteiger partial charge in [0.1, 0.15) is 0 Å². The van der Waals surface area contributed by atoms with Crippen LogP contribution in [0.3, 0.4) is 0 Å². The van der Waals surface area contributed by atoms with Crippen molar-refractivity contribution in [3.8, 4) is 0 Å². The summed E-state index contributed by atoms with van der Waals surface area (Å²) in [5.74, 6) is 0.866. The molecule has 0 aliphatic heterocycles. The highest BCUT2D eigenvalue weighted by molar-refractivity contribution is 5.19. The molecule has 0 spiro atoms. The zero-order valence-corrected chi connectivity index (χ0v) is 8.79. The van der Waals surface area contributed by atoms with Gasteiger partial charge >= 0.3 is 0 Å². The molecule has 1 unspecified atom stereocenters. The molecule has 0 aromatic carbocycles. The van der Waals surface area contributed by atoms with Crippen molar-refractivity contribution in [2.24, 2.45) is 5.92 Å². The Bertz CT molecular complexity index is 218. The molecule has 0 fully saturated rings. The van der Waals surface area contributed by atoms with Gasteiger partial charge in [-0.3, -0.25) is 0 Å². The van der Waals surface area contributed by atoms with Crippen molar-refractivity contribution >= 4 is 0 Å². The van der Waals surface area contributed by atoms with Crippen molar-refractivity contribution < 1.29 is 0 Å². The Morgan fingerprint density at radius 2 is 2.00 bits per heavy atom. The van der Waals surface area contributed by atoms with E-state index in [2.05, 4.69) is 44.2 Å². The highest BCUT2D eigenvalue weighted by Gasteiger charge is 1.98. The zero-order valence-electron chi connectivity index (χ0n) is 8.79. The number of rotatable bonds is 0. The number of hydrogen-bond donors (Lipinski definition) is 0. The van der Waals surface area contributed by atoms with Crippen molar-refractivity contribution in [2.75, 3.05) is 0 Å². The lowest BCUT2D eigenvalue weighted by atomic mass is 10.1. The van der Waals surface area contributed by atoms with Gasteiger partial charge in [0.15, 0.2) is 0 Å². The average Bonchev–Trinajstić information content (AvgIpc) is 2.58. The van der Waals surface area contributed by atoms with E-state index in [-0.39, 0.29) is 0 Å². The average molecular weight is 176 g/mol. The number of allylic oxidation sites excluding steroid dienone is 6. The summed E-state index contributed by atoms with van der Waals surface area (Å²) in [6, 6.07) is 0. The first-order valence-electron chi connectivity index (χ1n) is 5.29. The van der Waals surface area contributed by atoms with Gasteiger partial charge < -0.3 is 0 Å². The molecule has 0 radical (unpaired) electrons. The van der Waals surface area contributed by atoms with Gasteiger partial charge in [0, 0.05) is 0 Å². The van der Waals surface area contributed by atoms with E-state index in [0.717, 1.165) is 5.92 Å². The Morgan fingerprint density at radius 3 is 2.23 bits per heavy atom.